The number of aromatic nitrogens is 1. The summed E-state index contributed by atoms with van der Waals surface area (Å²) in [4.78, 5) is 3.85. The normalized spacial score (nSPS) is 13.5. The molecule has 0 spiro atoms. The van der Waals surface area contributed by atoms with Crippen LogP contribution < -0.4 is 5.32 Å². The summed E-state index contributed by atoms with van der Waals surface area (Å²) in [5.74, 6) is 1.63. The van der Waals surface area contributed by atoms with Gasteiger partial charge in [-0.3, -0.25) is 0 Å². The van der Waals surface area contributed by atoms with Crippen molar-refractivity contribution in [2.75, 3.05) is 0 Å². The van der Waals surface area contributed by atoms with Crippen LogP contribution in [0.4, 0.5) is 0 Å². The molecule has 0 amide bonds. The maximum Gasteiger partial charge on any atom is 0.180 e. The quantitative estimate of drug-likeness (QED) is 0.758. The Hall–Kier alpha value is -0.830. The third kappa shape index (κ3) is 4.08. The minimum absolute atomic E-state index is 0.532. The van der Waals surface area contributed by atoms with Gasteiger partial charge in [-0.1, -0.05) is 13.8 Å². The second-order valence-corrected chi connectivity index (χ2v) is 3.88. The molecule has 1 heterocycles. The van der Waals surface area contributed by atoms with Crippen LogP contribution in [-0.2, 0) is 6.54 Å². The van der Waals surface area contributed by atoms with Crippen LogP contribution in [0.5, 0.6) is 0 Å². The molecular formula is C10H18N2O. The Morgan fingerprint density at radius 2 is 2.23 bits per heavy atom. The fourth-order valence-corrected chi connectivity index (χ4v) is 1.39. The van der Waals surface area contributed by atoms with Gasteiger partial charge in [0.05, 0.1) is 12.7 Å². The molecule has 1 aromatic rings. The van der Waals surface area contributed by atoms with E-state index in [1.165, 1.54) is 12.8 Å². The number of hydrogen-bond acceptors (Lipinski definition) is 3. The molecule has 1 unspecified atom stereocenters. The third-order valence-electron chi connectivity index (χ3n) is 1.93. The molecule has 74 valence electrons. The molecule has 1 atom stereocenters. The Kier molecular flexibility index (Phi) is 3.96. The fourth-order valence-electron chi connectivity index (χ4n) is 1.39. The average Bonchev–Trinajstić information content (AvgIpc) is 2.51. The van der Waals surface area contributed by atoms with Crippen molar-refractivity contribution in [3.05, 3.63) is 18.4 Å². The Bertz CT molecular complexity index is 219. The summed E-state index contributed by atoms with van der Waals surface area (Å²) in [7, 11) is 0. The monoisotopic (exact) mass is 182 g/mol. The van der Waals surface area contributed by atoms with Crippen LogP contribution in [0.15, 0.2) is 17.0 Å². The van der Waals surface area contributed by atoms with Gasteiger partial charge in [-0.15, -0.1) is 0 Å². The van der Waals surface area contributed by atoms with Crippen molar-refractivity contribution < 1.29 is 4.42 Å². The summed E-state index contributed by atoms with van der Waals surface area (Å²) >= 11 is 0. The largest absolute Gasteiger partial charge is 0.447 e. The molecule has 0 saturated carbocycles. The van der Waals surface area contributed by atoms with E-state index in [-0.39, 0.29) is 0 Å². The molecule has 3 heteroatoms. The first kappa shape index (κ1) is 10.3. The topological polar surface area (TPSA) is 38.1 Å². The highest BCUT2D eigenvalue weighted by atomic mass is 16.3. The molecule has 0 radical (unpaired) electrons. The van der Waals surface area contributed by atoms with Crippen molar-refractivity contribution in [2.45, 2.75) is 39.8 Å². The Morgan fingerprint density at radius 3 is 2.77 bits per heavy atom. The zero-order chi connectivity index (χ0) is 9.68. The van der Waals surface area contributed by atoms with E-state index in [9.17, 15) is 0 Å². The van der Waals surface area contributed by atoms with Crippen molar-refractivity contribution in [3.8, 4) is 0 Å². The van der Waals surface area contributed by atoms with E-state index in [4.69, 9.17) is 4.42 Å². The molecule has 3 nitrogen and oxygen atoms in total. The standard InChI is InChI=1S/C10H18N2O/c1-8(2)4-9(3)12-6-10-5-11-7-13-10/h5,7-9,12H,4,6H2,1-3H3. The maximum absolute atomic E-state index is 5.12. The van der Waals surface area contributed by atoms with Gasteiger partial charge in [0.25, 0.3) is 0 Å². The molecule has 1 rings (SSSR count). The Labute approximate surface area is 79.5 Å². The number of oxazole rings is 1. The van der Waals surface area contributed by atoms with Crippen LogP contribution in [0, 0.1) is 5.92 Å². The van der Waals surface area contributed by atoms with E-state index in [1.807, 2.05) is 0 Å². The summed E-state index contributed by atoms with van der Waals surface area (Å²) < 4.78 is 5.12. The zero-order valence-electron chi connectivity index (χ0n) is 8.58. The number of hydrogen-bond donors (Lipinski definition) is 1. The van der Waals surface area contributed by atoms with Crippen molar-refractivity contribution in [1.29, 1.82) is 0 Å². The lowest BCUT2D eigenvalue weighted by molar-refractivity contribution is 0.409. The number of nitrogens with one attached hydrogen (secondary N) is 1. The molecule has 0 aliphatic carbocycles. The summed E-state index contributed by atoms with van der Waals surface area (Å²) in [6.07, 6.45) is 4.40. The predicted molar refractivity (Wildman–Crippen MR) is 52.3 cm³/mol. The zero-order valence-corrected chi connectivity index (χ0v) is 8.58. The minimum Gasteiger partial charge on any atom is -0.447 e. The van der Waals surface area contributed by atoms with E-state index < -0.39 is 0 Å². The first-order valence-corrected chi connectivity index (χ1v) is 4.79. The minimum atomic E-state index is 0.532. The van der Waals surface area contributed by atoms with Gasteiger partial charge >= 0.3 is 0 Å². The van der Waals surface area contributed by atoms with E-state index in [0.717, 1.165) is 18.2 Å². The molecule has 0 bridgehead atoms. The lowest BCUT2D eigenvalue weighted by Crippen LogP contribution is -2.26. The lowest BCUT2D eigenvalue weighted by atomic mass is 10.1. The van der Waals surface area contributed by atoms with Gasteiger partial charge in [-0.05, 0) is 19.3 Å². The fraction of sp³-hybridized carbons (Fsp3) is 0.700. The van der Waals surface area contributed by atoms with E-state index in [1.54, 1.807) is 6.20 Å². The Morgan fingerprint density at radius 1 is 1.46 bits per heavy atom. The van der Waals surface area contributed by atoms with Crippen molar-refractivity contribution in [3.63, 3.8) is 0 Å². The van der Waals surface area contributed by atoms with Gasteiger partial charge in [0.15, 0.2) is 6.39 Å². The molecule has 1 N–H and O–H groups in total. The molecule has 0 aromatic carbocycles. The van der Waals surface area contributed by atoms with Crippen LogP contribution in [0.25, 0.3) is 0 Å². The van der Waals surface area contributed by atoms with Crippen molar-refractivity contribution >= 4 is 0 Å². The van der Waals surface area contributed by atoms with Gasteiger partial charge in [-0.2, -0.15) is 0 Å². The van der Waals surface area contributed by atoms with Crippen LogP contribution in [-0.4, -0.2) is 11.0 Å². The van der Waals surface area contributed by atoms with Gasteiger partial charge in [0, 0.05) is 6.04 Å². The molecule has 0 saturated heterocycles. The van der Waals surface area contributed by atoms with E-state index in [0.29, 0.717) is 6.04 Å². The molecular weight excluding hydrogens is 164 g/mol. The summed E-state index contributed by atoms with van der Waals surface area (Å²) in [5, 5.41) is 3.38. The summed E-state index contributed by atoms with van der Waals surface area (Å²) in [6.45, 7) is 7.42. The van der Waals surface area contributed by atoms with Crippen LogP contribution in [0.1, 0.15) is 33.0 Å². The first-order valence-electron chi connectivity index (χ1n) is 4.79. The van der Waals surface area contributed by atoms with Gasteiger partial charge in [-0.25, -0.2) is 4.98 Å². The average molecular weight is 182 g/mol. The molecule has 0 aliphatic heterocycles. The van der Waals surface area contributed by atoms with E-state index in [2.05, 4.69) is 31.1 Å². The van der Waals surface area contributed by atoms with Crippen molar-refractivity contribution in [1.82, 2.24) is 10.3 Å². The molecule has 13 heavy (non-hydrogen) atoms. The second kappa shape index (κ2) is 5.02. The lowest BCUT2D eigenvalue weighted by Gasteiger charge is -2.14. The smallest absolute Gasteiger partial charge is 0.180 e. The third-order valence-corrected chi connectivity index (χ3v) is 1.93. The van der Waals surface area contributed by atoms with Crippen molar-refractivity contribution in [2.24, 2.45) is 5.92 Å². The van der Waals surface area contributed by atoms with Crippen LogP contribution >= 0.6 is 0 Å². The van der Waals surface area contributed by atoms with Gasteiger partial charge in [0.2, 0.25) is 0 Å². The summed E-state index contributed by atoms with van der Waals surface area (Å²) in [5.41, 5.74) is 0. The van der Waals surface area contributed by atoms with Gasteiger partial charge < -0.3 is 9.73 Å². The van der Waals surface area contributed by atoms with Crippen LogP contribution in [0.2, 0.25) is 0 Å². The molecule has 0 aliphatic rings. The molecule has 0 fully saturated rings. The predicted octanol–water partition coefficient (Wildman–Crippen LogP) is 2.20. The second-order valence-electron chi connectivity index (χ2n) is 3.88. The highest BCUT2D eigenvalue weighted by Gasteiger charge is 2.04. The SMILES string of the molecule is CC(C)CC(C)NCc1cnco1. The van der Waals surface area contributed by atoms with Crippen LogP contribution in [0.3, 0.4) is 0 Å². The maximum atomic E-state index is 5.12. The Balaban J connectivity index is 2.19. The van der Waals surface area contributed by atoms with Gasteiger partial charge in [0.1, 0.15) is 5.76 Å². The number of rotatable bonds is 5. The first-order chi connectivity index (χ1) is 6.18. The highest BCUT2D eigenvalue weighted by molar-refractivity contribution is 4.87. The number of nitrogens with zero attached hydrogens (tertiary/aromatic N) is 1. The molecule has 1 aromatic heterocycles. The van der Waals surface area contributed by atoms with E-state index >= 15 is 0 Å². The summed E-state index contributed by atoms with van der Waals surface area (Å²) in [6, 6.07) is 0.532. The highest BCUT2D eigenvalue weighted by Crippen LogP contribution is 2.05.